The fourth-order valence-corrected chi connectivity index (χ4v) is 9.08. The average Bonchev–Trinajstić information content (AvgIpc) is 3.67. The predicted molar refractivity (Wildman–Crippen MR) is 231 cm³/mol. The Bertz CT molecular complexity index is 3210. The van der Waals surface area contributed by atoms with Crippen molar-refractivity contribution < 1.29 is 70.9 Å². The first-order chi connectivity index (χ1) is 29.4. The van der Waals surface area contributed by atoms with E-state index in [0.717, 1.165) is 18.6 Å². The van der Waals surface area contributed by atoms with E-state index >= 15 is 0 Å². The van der Waals surface area contributed by atoms with E-state index in [2.05, 4.69) is 30.7 Å². The van der Waals surface area contributed by atoms with Gasteiger partial charge in [0.15, 0.2) is 50.7 Å². The molecular weight excluding hydrogens is 960 g/mol. The molecule has 0 atom stereocenters. The molecule has 6 aromatic rings. The summed E-state index contributed by atoms with van der Waals surface area (Å²) in [4.78, 5) is 0.243. The molecule has 0 aliphatic rings. The Hall–Kier alpha value is -5.99. The fraction of sp³-hybridized carbons (Fsp3) is 0.231. The Labute approximate surface area is 379 Å². The van der Waals surface area contributed by atoms with Crippen molar-refractivity contribution in [3.8, 4) is 34.6 Å². The number of phenolic OH excluding ortho intramolecular Hbond substituents is 2. The van der Waals surface area contributed by atoms with Crippen LogP contribution in [-0.2, 0) is 56.1 Å². The van der Waals surface area contributed by atoms with Gasteiger partial charge in [-0.15, -0.1) is 20.5 Å². The largest absolute Gasteiger partial charge is 0.506 e. The number of aryl methyl sites for hydroxylation is 2. The second-order valence-corrected chi connectivity index (χ2v) is 22.2. The van der Waals surface area contributed by atoms with Gasteiger partial charge in [-0.25, -0.2) is 33.7 Å². The summed E-state index contributed by atoms with van der Waals surface area (Å²) < 4.78 is 97.4. The normalized spacial score (nSPS) is 12.3. The molecular formula is C39H42CoN8O12S4. The summed E-state index contributed by atoms with van der Waals surface area (Å²) in [6.07, 6.45) is 2.55. The molecule has 20 nitrogen and oxygen atoms in total. The molecule has 0 amide bonds. The fourth-order valence-electron chi connectivity index (χ4n) is 5.59. The monoisotopic (exact) mass is 1000 g/mol. The molecule has 0 spiro atoms. The summed E-state index contributed by atoms with van der Waals surface area (Å²) in [5.41, 5.74) is 1.27. The molecule has 1 radical (unpaired) electrons. The maximum atomic E-state index is 12.2. The van der Waals surface area contributed by atoms with Gasteiger partial charge in [-0.2, -0.15) is 19.6 Å². The zero-order valence-electron chi connectivity index (χ0n) is 34.8. The first kappa shape index (κ1) is 50.6. The van der Waals surface area contributed by atoms with Crippen molar-refractivity contribution in [2.45, 2.75) is 53.7 Å². The molecule has 0 aliphatic heterocycles. The molecule has 25 heteroatoms. The maximum absolute atomic E-state index is 12.2. The summed E-state index contributed by atoms with van der Waals surface area (Å²) >= 11 is 0. The molecule has 4 aromatic carbocycles. The van der Waals surface area contributed by atoms with E-state index in [9.17, 15) is 54.1 Å². The van der Waals surface area contributed by atoms with Crippen molar-refractivity contribution in [1.82, 2.24) is 19.6 Å². The van der Waals surface area contributed by atoms with Gasteiger partial charge in [-0.05, 0) is 105 Å². The first-order valence-corrected chi connectivity index (χ1v) is 25.6. The van der Waals surface area contributed by atoms with Crippen LogP contribution < -0.4 is 0 Å². The number of nitrogens with zero attached hydrogens (tertiary/aromatic N) is 8. The van der Waals surface area contributed by atoms with Crippen LogP contribution in [-0.4, -0.2) is 97.7 Å². The molecule has 0 saturated carbocycles. The van der Waals surface area contributed by atoms with Crippen LogP contribution in [0.1, 0.15) is 31.7 Å². The van der Waals surface area contributed by atoms with Crippen molar-refractivity contribution in [3.63, 3.8) is 0 Å². The zero-order chi connectivity index (χ0) is 46.7. The Kier molecular flexibility index (Phi) is 15.7. The Morgan fingerprint density at radius 3 is 1.19 bits per heavy atom. The van der Waals surface area contributed by atoms with Gasteiger partial charge in [0.05, 0.1) is 53.9 Å². The number of rotatable bonds is 13. The maximum Gasteiger partial charge on any atom is 0.243 e. The second kappa shape index (κ2) is 19.8. The molecule has 0 fully saturated rings. The van der Waals surface area contributed by atoms with Gasteiger partial charge in [0.2, 0.25) is 11.8 Å². The molecule has 0 aliphatic carbocycles. The smallest absolute Gasteiger partial charge is 0.243 e. The first-order valence-electron chi connectivity index (χ1n) is 18.5. The zero-order valence-corrected chi connectivity index (χ0v) is 39.1. The van der Waals surface area contributed by atoms with Gasteiger partial charge in [0, 0.05) is 29.3 Å². The molecule has 343 valence electrons. The van der Waals surface area contributed by atoms with Crippen molar-refractivity contribution >= 4 is 62.1 Å². The summed E-state index contributed by atoms with van der Waals surface area (Å²) in [6.45, 7) is 6.49. The number of aromatic hydroxyl groups is 4. The van der Waals surface area contributed by atoms with Crippen LogP contribution in [0, 0.1) is 13.8 Å². The number of phenols is 2. The Morgan fingerprint density at radius 2 is 0.859 bits per heavy atom. The SMILES string of the molecule is CCCS(=O)(=O)c1ccc(-n2nc(C)c(N=Nc3cc(S(C)(=O)=O)ccc3O)c2O)cc1.CCS(=O)(=O)c1ccc(-n2nc(C)c(N=Nc3cc(S(C)(=O)=O)ccc3O)c2O)cc1.[Co]. The predicted octanol–water partition coefficient (Wildman–Crippen LogP) is 6.80. The quantitative estimate of drug-likeness (QED) is 0.0866. The number of azo groups is 2. The van der Waals surface area contributed by atoms with Crippen LogP contribution in [0.2, 0.25) is 0 Å². The van der Waals surface area contributed by atoms with Crippen LogP contribution in [0.15, 0.2) is 125 Å². The number of hydrogen-bond acceptors (Lipinski definition) is 18. The topological polar surface area (TPSA) is 303 Å². The average molecular weight is 1000 g/mol. The summed E-state index contributed by atoms with van der Waals surface area (Å²) in [6, 6.07) is 18.9. The van der Waals surface area contributed by atoms with Crippen LogP contribution in [0.5, 0.6) is 23.3 Å². The number of aromatic nitrogens is 4. The van der Waals surface area contributed by atoms with E-state index in [-0.39, 0.29) is 93.9 Å². The van der Waals surface area contributed by atoms with Crippen molar-refractivity contribution in [1.29, 1.82) is 0 Å². The standard InChI is InChI=1S/C20H22N4O6S2.C19H20N4O6S2.Co/c1-4-11-32(29,30)15-7-5-14(6-8-15)24-20(26)19(13(2)23-24)22-21-17-12-16(31(3,27)28)9-10-18(17)25;1-4-31(28,29)14-7-5-13(6-8-14)23-19(25)18(12(2)22-23)21-20-16-11-15(30(3,26)27)9-10-17(16)24;/h5-10,12,25-26H,4,11H2,1-3H3;5-11,24-25H,4H2,1-3H3;. The summed E-state index contributed by atoms with van der Waals surface area (Å²) in [5.74, 6) is -1.27. The third-order valence-corrected chi connectivity index (χ3v) is 14.9. The minimum absolute atomic E-state index is 0. The van der Waals surface area contributed by atoms with E-state index in [4.69, 9.17) is 0 Å². The van der Waals surface area contributed by atoms with Gasteiger partial charge < -0.3 is 20.4 Å². The third-order valence-electron chi connectivity index (χ3n) is 9.01. The van der Waals surface area contributed by atoms with Gasteiger partial charge in [-0.3, -0.25) is 0 Å². The molecule has 64 heavy (non-hydrogen) atoms. The number of benzene rings is 4. The van der Waals surface area contributed by atoms with Crippen molar-refractivity contribution in [2.75, 3.05) is 24.0 Å². The van der Waals surface area contributed by atoms with Gasteiger partial charge in [0.25, 0.3) is 0 Å². The Morgan fingerprint density at radius 1 is 0.516 bits per heavy atom. The minimum Gasteiger partial charge on any atom is -0.506 e. The van der Waals surface area contributed by atoms with Crippen LogP contribution in [0.4, 0.5) is 22.7 Å². The van der Waals surface area contributed by atoms with E-state index in [1.54, 1.807) is 27.7 Å². The molecule has 6 rings (SSSR count). The molecule has 0 unspecified atom stereocenters. The second-order valence-electron chi connectivity index (χ2n) is 13.8. The van der Waals surface area contributed by atoms with Crippen molar-refractivity contribution in [3.05, 3.63) is 96.3 Å². The van der Waals surface area contributed by atoms with Crippen LogP contribution in [0.3, 0.4) is 0 Å². The van der Waals surface area contributed by atoms with Crippen LogP contribution in [0.25, 0.3) is 11.4 Å². The van der Waals surface area contributed by atoms with Gasteiger partial charge >= 0.3 is 0 Å². The Balaban J connectivity index is 0.000000276. The minimum atomic E-state index is -3.51. The summed E-state index contributed by atoms with van der Waals surface area (Å²) in [5, 5.41) is 65.0. The molecule has 2 heterocycles. The molecule has 0 bridgehead atoms. The molecule has 2 aromatic heterocycles. The van der Waals surface area contributed by atoms with Crippen molar-refractivity contribution in [2.24, 2.45) is 20.5 Å². The summed E-state index contributed by atoms with van der Waals surface area (Å²) in [7, 11) is -13.8. The molecule has 0 saturated heterocycles. The third kappa shape index (κ3) is 11.6. The van der Waals surface area contributed by atoms with Crippen LogP contribution >= 0.6 is 0 Å². The van der Waals surface area contributed by atoms with E-state index < -0.39 is 39.3 Å². The van der Waals surface area contributed by atoms with E-state index in [1.165, 1.54) is 88.2 Å². The van der Waals surface area contributed by atoms with Gasteiger partial charge in [-0.1, -0.05) is 13.8 Å². The van der Waals surface area contributed by atoms with Gasteiger partial charge in [0.1, 0.15) is 22.9 Å². The number of hydrogen-bond donors (Lipinski definition) is 4. The number of sulfone groups is 4. The van der Waals surface area contributed by atoms with E-state index in [0.29, 0.717) is 29.2 Å². The molecule has 4 N–H and O–H groups in total. The van der Waals surface area contributed by atoms with E-state index in [1.807, 2.05) is 0 Å².